The van der Waals surface area contributed by atoms with E-state index in [1.165, 1.54) is 0 Å². The van der Waals surface area contributed by atoms with E-state index >= 15 is 0 Å². The number of likely N-dealkylation sites (N-methyl/N-ethyl adjacent to an activating group) is 1. The van der Waals surface area contributed by atoms with E-state index in [1.807, 2.05) is 45.2 Å². The molecule has 0 saturated carbocycles. The third-order valence-corrected chi connectivity index (χ3v) is 2.19. The van der Waals surface area contributed by atoms with Crippen molar-refractivity contribution in [1.82, 2.24) is 5.32 Å². The van der Waals surface area contributed by atoms with Gasteiger partial charge in [0.05, 0.1) is 0 Å². The van der Waals surface area contributed by atoms with Crippen LogP contribution in [-0.4, -0.2) is 20.2 Å². The maximum absolute atomic E-state index is 6.07. The summed E-state index contributed by atoms with van der Waals surface area (Å²) >= 11 is 0. The number of ether oxygens (including phenoxy) is 1. The lowest BCUT2D eigenvalue weighted by Crippen LogP contribution is -2.29. The topological polar surface area (TPSA) is 47.3 Å². The summed E-state index contributed by atoms with van der Waals surface area (Å²) in [5, 5.41) is 3.04. The van der Waals surface area contributed by atoms with Crippen molar-refractivity contribution in [2.24, 2.45) is 5.73 Å². The van der Waals surface area contributed by atoms with Crippen molar-refractivity contribution >= 4 is 0 Å². The van der Waals surface area contributed by atoms with Crippen LogP contribution in [0.4, 0.5) is 0 Å². The van der Waals surface area contributed by atoms with E-state index in [4.69, 9.17) is 10.5 Å². The zero-order valence-corrected chi connectivity index (χ0v) is 9.71. The van der Waals surface area contributed by atoms with Gasteiger partial charge < -0.3 is 15.8 Å². The Balaban J connectivity index is 2.78. The number of para-hydroxylation sites is 1. The van der Waals surface area contributed by atoms with Crippen LogP contribution in [0.5, 0.6) is 5.75 Å². The summed E-state index contributed by atoms with van der Waals surface area (Å²) in [6.45, 7) is 5.45. The van der Waals surface area contributed by atoms with Gasteiger partial charge in [-0.25, -0.2) is 0 Å². The lowest BCUT2D eigenvalue weighted by molar-refractivity contribution is 0.308. The smallest absolute Gasteiger partial charge is 0.124 e. The Hall–Kier alpha value is -1.06. The standard InChI is InChI=1S/C12H20N2O/c1-12(2,13)10-6-4-5-7-11(10)15-9-8-14-3/h4-7,14H,8-9,13H2,1-3H3. The average molecular weight is 208 g/mol. The van der Waals surface area contributed by atoms with Crippen LogP contribution in [-0.2, 0) is 5.54 Å². The molecule has 0 aliphatic heterocycles. The van der Waals surface area contributed by atoms with Gasteiger partial charge in [0.1, 0.15) is 12.4 Å². The summed E-state index contributed by atoms with van der Waals surface area (Å²) in [5.41, 5.74) is 6.74. The predicted octanol–water partition coefficient (Wildman–Crippen LogP) is 1.48. The summed E-state index contributed by atoms with van der Waals surface area (Å²) in [5.74, 6) is 0.875. The Morgan fingerprint density at radius 3 is 2.60 bits per heavy atom. The van der Waals surface area contributed by atoms with Crippen molar-refractivity contribution in [2.75, 3.05) is 20.2 Å². The Morgan fingerprint density at radius 1 is 1.33 bits per heavy atom. The SMILES string of the molecule is CNCCOc1ccccc1C(C)(C)N. The van der Waals surface area contributed by atoms with Crippen molar-refractivity contribution < 1.29 is 4.74 Å². The highest BCUT2D eigenvalue weighted by Gasteiger charge is 2.18. The molecule has 3 N–H and O–H groups in total. The molecule has 0 aliphatic rings. The lowest BCUT2D eigenvalue weighted by Gasteiger charge is -2.22. The molecule has 0 aliphatic carbocycles. The first-order valence-corrected chi connectivity index (χ1v) is 5.21. The minimum Gasteiger partial charge on any atom is -0.492 e. The molecule has 84 valence electrons. The maximum atomic E-state index is 6.07. The molecule has 0 saturated heterocycles. The molecule has 0 amide bonds. The highest BCUT2D eigenvalue weighted by Crippen LogP contribution is 2.27. The van der Waals surface area contributed by atoms with E-state index in [2.05, 4.69) is 5.32 Å². The molecule has 0 heterocycles. The zero-order valence-electron chi connectivity index (χ0n) is 9.71. The molecule has 3 nitrogen and oxygen atoms in total. The van der Waals surface area contributed by atoms with Gasteiger partial charge in [-0.15, -0.1) is 0 Å². The summed E-state index contributed by atoms with van der Waals surface area (Å²) < 4.78 is 5.66. The predicted molar refractivity (Wildman–Crippen MR) is 63.1 cm³/mol. The van der Waals surface area contributed by atoms with Crippen molar-refractivity contribution in [1.29, 1.82) is 0 Å². The molecule has 1 aromatic rings. The van der Waals surface area contributed by atoms with E-state index in [0.29, 0.717) is 6.61 Å². The van der Waals surface area contributed by atoms with Gasteiger partial charge in [-0.2, -0.15) is 0 Å². The van der Waals surface area contributed by atoms with Gasteiger partial charge >= 0.3 is 0 Å². The van der Waals surface area contributed by atoms with Crippen LogP contribution in [0.15, 0.2) is 24.3 Å². The van der Waals surface area contributed by atoms with Gasteiger partial charge in [0.25, 0.3) is 0 Å². The van der Waals surface area contributed by atoms with Crippen molar-refractivity contribution in [3.8, 4) is 5.75 Å². The number of nitrogens with two attached hydrogens (primary N) is 1. The maximum Gasteiger partial charge on any atom is 0.124 e. The molecule has 15 heavy (non-hydrogen) atoms. The van der Waals surface area contributed by atoms with Gasteiger partial charge in [-0.1, -0.05) is 18.2 Å². The normalized spacial score (nSPS) is 11.5. The fraction of sp³-hybridized carbons (Fsp3) is 0.500. The number of rotatable bonds is 5. The Kier molecular flexibility index (Phi) is 4.12. The Morgan fingerprint density at radius 2 is 2.00 bits per heavy atom. The first-order chi connectivity index (χ1) is 7.05. The van der Waals surface area contributed by atoms with Gasteiger partial charge in [0, 0.05) is 17.6 Å². The van der Waals surface area contributed by atoms with Gasteiger partial charge in [-0.3, -0.25) is 0 Å². The molecule has 0 fully saturated rings. The van der Waals surface area contributed by atoms with Gasteiger partial charge in [0.2, 0.25) is 0 Å². The van der Waals surface area contributed by atoms with Crippen molar-refractivity contribution in [3.63, 3.8) is 0 Å². The highest BCUT2D eigenvalue weighted by atomic mass is 16.5. The molecule has 0 unspecified atom stereocenters. The van der Waals surface area contributed by atoms with E-state index in [0.717, 1.165) is 17.9 Å². The fourth-order valence-electron chi connectivity index (χ4n) is 1.39. The van der Waals surface area contributed by atoms with Crippen LogP contribution >= 0.6 is 0 Å². The second-order valence-corrected chi connectivity index (χ2v) is 4.17. The van der Waals surface area contributed by atoms with Crippen molar-refractivity contribution in [3.05, 3.63) is 29.8 Å². The first kappa shape index (κ1) is 12.0. The van der Waals surface area contributed by atoms with Crippen LogP contribution in [0.3, 0.4) is 0 Å². The molecule has 0 atom stereocenters. The quantitative estimate of drug-likeness (QED) is 0.720. The second-order valence-electron chi connectivity index (χ2n) is 4.17. The molecular weight excluding hydrogens is 188 g/mol. The zero-order chi connectivity index (χ0) is 11.3. The molecule has 1 rings (SSSR count). The average Bonchev–Trinajstić information content (AvgIpc) is 2.17. The second kappa shape index (κ2) is 5.14. The van der Waals surface area contributed by atoms with Crippen LogP contribution < -0.4 is 15.8 Å². The Bertz CT molecular complexity index is 305. The van der Waals surface area contributed by atoms with Crippen molar-refractivity contribution in [2.45, 2.75) is 19.4 Å². The molecule has 0 bridgehead atoms. The lowest BCUT2D eigenvalue weighted by atomic mass is 9.95. The first-order valence-electron chi connectivity index (χ1n) is 5.21. The van der Waals surface area contributed by atoms with Crippen LogP contribution in [0.1, 0.15) is 19.4 Å². The third kappa shape index (κ3) is 3.53. The number of hydrogen-bond donors (Lipinski definition) is 2. The third-order valence-electron chi connectivity index (χ3n) is 2.19. The van der Waals surface area contributed by atoms with E-state index in [1.54, 1.807) is 0 Å². The molecular formula is C12H20N2O. The molecule has 1 aromatic carbocycles. The Labute approximate surface area is 91.6 Å². The monoisotopic (exact) mass is 208 g/mol. The number of nitrogens with one attached hydrogen (secondary N) is 1. The number of benzene rings is 1. The van der Waals surface area contributed by atoms with E-state index < -0.39 is 0 Å². The molecule has 0 radical (unpaired) electrons. The summed E-state index contributed by atoms with van der Waals surface area (Å²) in [4.78, 5) is 0. The molecule has 0 aromatic heterocycles. The van der Waals surface area contributed by atoms with Crippen LogP contribution in [0.2, 0.25) is 0 Å². The van der Waals surface area contributed by atoms with Crippen LogP contribution in [0.25, 0.3) is 0 Å². The highest BCUT2D eigenvalue weighted by molar-refractivity contribution is 5.37. The van der Waals surface area contributed by atoms with Gasteiger partial charge in [0.15, 0.2) is 0 Å². The van der Waals surface area contributed by atoms with E-state index in [-0.39, 0.29) is 5.54 Å². The fourth-order valence-corrected chi connectivity index (χ4v) is 1.39. The van der Waals surface area contributed by atoms with Gasteiger partial charge in [-0.05, 0) is 27.0 Å². The molecule has 0 spiro atoms. The number of hydrogen-bond acceptors (Lipinski definition) is 3. The van der Waals surface area contributed by atoms with E-state index in [9.17, 15) is 0 Å². The minimum atomic E-state index is -0.365. The van der Waals surface area contributed by atoms with Crippen LogP contribution in [0, 0.1) is 0 Å². The molecule has 3 heteroatoms. The summed E-state index contributed by atoms with van der Waals surface area (Å²) in [6, 6.07) is 7.91. The minimum absolute atomic E-state index is 0.365. The largest absolute Gasteiger partial charge is 0.492 e. The summed E-state index contributed by atoms with van der Waals surface area (Å²) in [7, 11) is 1.90. The summed E-state index contributed by atoms with van der Waals surface area (Å²) in [6.07, 6.45) is 0.